The van der Waals surface area contributed by atoms with Crippen LogP contribution in [0.3, 0.4) is 0 Å². The summed E-state index contributed by atoms with van der Waals surface area (Å²) in [5.41, 5.74) is 0. The number of hydrogen-bond acceptors (Lipinski definition) is 8. The maximum absolute atomic E-state index is 12.5. The highest BCUT2D eigenvalue weighted by molar-refractivity contribution is 7.99. The van der Waals surface area contributed by atoms with Crippen molar-refractivity contribution in [1.29, 1.82) is 0 Å². The van der Waals surface area contributed by atoms with Crippen LogP contribution in [0.4, 0.5) is 0 Å². The minimum atomic E-state index is -0.571. The fraction of sp³-hybridized carbons (Fsp3) is 0.429. The Kier molecular flexibility index (Phi) is 11.7. The van der Waals surface area contributed by atoms with E-state index in [2.05, 4.69) is 0 Å². The summed E-state index contributed by atoms with van der Waals surface area (Å²) in [6.45, 7) is 1.35. The predicted octanol–water partition coefficient (Wildman–Crippen LogP) is 7.06. The van der Waals surface area contributed by atoms with Gasteiger partial charge in [0.25, 0.3) is 0 Å². The van der Waals surface area contributed by atoms with Crippen molar-refractivity contribution in [3.63, 3.8) is 0 Å². The van der Waals surface area contributed by atoms with Gasteiger partial charge in [-0.05, 0) is 74.2 Å². The van der Waals surface area contributed by atoms with Crippen LogP contribution >= 0.6 is 46.7 Å². The molecule has 38 heavy (non-hydrogen) atoms. The lowest BCUT2D eigenvalue weighted by Crippen LogP contribution is -2.42. The Morgan fingerprint density at radius 1 is 0.711 bits per heavy atom. The standard InChI is InChI=1S/C28H32Cl2N2O4S2/c29-21-7-11-25(12-8-21)37-19-23-5-1-3-17-31(23)35-27(33)15-16-28(34)36-32-18-4-2-6-24(32)20-38-26-13-9-22(30)10-14-26/h7-16,23-24H,1-6,17-20H2/b16-15-. The number of hydroxylamine groups is 4. The molecule has 0 N–H and O–H groups in total. The molecule has 2 atom stereocenters. The molecule has 0 saturated carbocycles. The number of piperidine rings is 2. The summed E-state index contributed by atoms with van der Waals surface area (Å²) in [5.74, 6) is 0.452. The van der Waals surface area contributed by atoms with Gasteiger partial charge in [-0.15, -0.1) is 33.7 Å². The van der Waals surface area contributed by atoms with E-state index in [-0.39, 0.29) is 12.1 Å². The van der Waals surface area contributed by atoms with Crippen LogP contribution in [-0.2, 0) is 19.3 Å². The highest BCUT2D eigenvalue weighted by atomic mass is 35.5. The van der Waals surface area contributed by atoms with E-state index >= 15 is 0 Å². The molecule has 2 aromatic carbocycles. The molecule has 0 aliphatic carbocycles. The zero-order valence-electron chi connectivity index (χ0n) is 21.1. The van der Waals surface area contributed by atoms with Crippen LogP contribution in [0.2, 0.25) is 10.0 Å². The third-order valence-electron chi connectivity index (χ3n) is 6.43. The second-order valence-corrected chi connectivity index (χ2v) is 12.3. The Morgan fingerprint density at radius 3 is 1.50 bits per heavy atom. The first-order chi connectivity index (χ1) is 18.5. The molecule has 2 heterocycles. The lowest BCUT2D eigenvalue weighted by molar-refractivity contribution is -0.202. The summed E-state index contributed by atoms with van der Waals surface area (Å²) in [7, 11) is 0. The monoisotopic (exact) mass is 594 g/mol. The van der Waals surface area contributed by atoms with Gasteiger partial charge < -0.3 is 9.68 Å². The average molecular weight is 596 g/mol. The number of thioether (sulfide) groups is 2. The van der Waals surface area contributed by atoms with Gasteiger partial charge in [-0.1, -0.05) is 36.0 Å². The van der Waals surface area contributed by atoms with Crippen LogP contribution in [0, 0.1) is 0 Å². The summed E-state index contributed by atoms with van der Waals surface area (Å²) < 4.78 is 0. The molecule has 0 bridgehead atoms. The molecule has 10 heteroatoms. The van der Waals surface area contributed by atoms with Crippen LogP contribution < -0.4 is 0 Å². The first-order valence-corrected chi connectivity index (χ1v) is 15.6. The van der Waals surface area contributed by atoms with Gasteiger partial charge in [0, 0.05) is 56.6 Å². The zero-order chi connectivity index (χ0) is 26.7. The van der Waals surface area contributed by atoms with Crippen LogP contribution in [0.15, 0.2) is 70.5 Å². The lowest BCUT2D eigenvalue weighted by atomic mass is 10.1. The number of halogens is 2. The second kappa shape index (κ2) is 15.2. The van der Waals surface area contributed by atoms with E-state index in [1.54, 1.807) is 33.7 Å². The Bertz CT molecular complexity index is 1000. The van der Waals surface area contributed by atoms with Crippen molar-refractivity contribution >= 4 is 58.7 Å². The predicted molar refractivity (Wildman–Crippen MR) is 154 cm³/mol. The van der Waals surface area contributed by atoms with Gasteiger partial charge in [0.2, 0.25) is 0 Å². The Morgan fingerprint density at radius 2 is 1.11 bits per heavy atom. The highest BCUT2D eigenvalue weighted by Crippen LogP contribution is 2.28. The molecule has 4 rings (SSSR count). The molecule has 2 aliphatic heterocycles. The first kappa shape index (κ1) is 29.3. The molecule has 0 amide bonds. The Labute approximate surface area is 242 Å². The molecule has 2 aliphatic rings. The summed E-state index contributed by atoms with van der Waals surface area (Å²) >= 11 is 15.4. The molecule has 0 radical (unpaired) electrons. The van der Waals surface area contributed by atoms with Crippen LogP contribution in [0.5, 0.6) is 0 Å². The van der Waals surface area contributed by atoms with Crippen molar-refractivity contribution < 1.29 is 19.3 Å². The molecule has 2 fully saturated rings. The maximum Gasteiger partial charge on any atom is 0.349 e. The van der Waals surface area contributed by atoms with Crippen molar-refractivity contribution in [2.75, 3.05) is 24.6 Å². The number of rotatable bonds is 10. The number of carbonyl (C=O) groups excluding carboxylic acids is 2. The van der Waals surface area contributed by atoms with Gasteiger partial charge >= 0.3 is 11.9 Å². The van der Waals surface area contributed by atoms with Gasteiger partial charge in [-0.2, -0.15) is 0 Å². The van der Waals surface area contributed by atoms with Crippen LogP contribution in [0.1, 0.15) is 38.5 Å². The number of nitrogens with zero attached hydrogens (tertiary/aromatic N) is 2. The summed E-state index contributed by atoms with van der Waals surface area (Å²) in [6, 6.07) is 15.7. The fourth-order valence-electron chi connectivity index (χ4n) is 4.40. The van der Waals surface area contributed by atoms with Gasteiger partial charge in [-0.3, -0.25) is 0 Å². The normalized spacial score (nSPS) is 20.9. The minimum absolute atomic E-state index is 0.112. The van der Waals surface area contributed by atoms with E-state index in [9.17, 15) is 9.59 Å². The SMILES string of the molecule is O=C(/C=C\C(=O)ON1CCCCC1CSc1ccc(Cl)cc1)ON1CCCCC1CSc1ccc(Cl)cc1. The third kappa shape index (κ3) is 9.50. The summed E-state index contributed by atoms with van der Waals surface area (Å²) in [4.78, 5) is 38.5. The number of hydrogen-bond donors (Lipinski definition) is 0. The number of benzene rings is 2. The largest absolute Gasteiger partial charge is 0.364 e. The molecule has 2 unspecified atom stereocenters. The van der Waals surface area contributed by atoms with Crippen molar-refractivity contribution in [2.45, 2.75) is 60.4 Å². The molecule has 2 aromatic rings. The van der Waals surface area contributed by atoms with Gasteiger partial charge in [0.05, 0.1) is 12.1 Å². The van der Waals surface area contributed by atoms with Gasteiger partial charge in [0.15, 0.2) is 0 Å². The van der Waals surface area contributed by atoms with Crippen molar-refractivity contribution in [1.82, 2.24) is 10.1 Å². The van der Waals surface area contributed by atoms with Crippen LogP contribution in [-0.4, -0.2) is 58.7 Å². The molecule has 204 valence electrons. The van der Waals surface area contributed by atoms with Gasteiger partial charge in [0.1, 0.15) is 0 Å². The van der Waals surface area contributed by atoms with E-state index in [4.69, 9.17) is 32.9 Å². The topological polar surface area (TPSA) is 59.1 Å². The molecule has 2 saturated heterocycles. The summed E-state index contributed by atoms with van der Waals surface area (Å²) in [6.07, 6.45) is 8.32. The molecular weight excluding hydrogens is 563 g/mol. The first-order valence-electron chi connectivity index (χ1n) is 12.9. The van der Waals surface area contributed by atoms with Crippen LogP contribution in [0.25, 0.3) is 0 Å². The zero-order valence-corrected chi connectivity index (χ0v) is 24.2. The molecular formula is C28H32Cl2N2O4S2. The Balaban J connectivity index is 1.23. The van der Waals surface area contributed by atoms with E-state index in [1.165, 1.54) is 0 Å². The quantitative estimate of drug-likeness (QED) is 0.214. The van der Waals surface area contributed by atoms with E-state index in [0.29, 0.717) is 23.1 Å². The van der Waals surface area contributed by atoms with E-state index < -0.39 is 11.9 Å². The molecule has 0 spiro atoms. The molecule has 6 nitrogen and oxygen atoms in total. The van der Waals surface area contributed by atoms with Crippen molar-refractivity contribution in [2.24, 2.45) is 0 Å². The van der Waals surface area contributed by atoms with Crippen molar-refractivity contribution in [3.8, 4) is 0 Å². The smallest absolute Gasteiger partial charge is 0.349 e. The summed E-state index contributed by atoms with van der Waals surface area (Å²) in [5, 5.41) is 4.92. The highest BCUT2D eigenvalue weighted by Gasteiger charge is 2.27. The van der Waals surface area contributed by atoms with Gasteiger partial charge in [-0.25, -0.2) is 9.59 Å². The van der Waals surface area contributed by atoms with E-state index in [0.717, 1.165) is 72.0 Å². The second-order valence-electron chi connectivity index (χ2n) is 9.26. The lowest BCUT2D eigenvalue weighted by Gasteiger charge is -2.33. The minimum Gasteiger partial charge on any atom is -0.364 e. The third-order valence-corrected chi connectivity index (χ3v) is 9.25. The number of carbonyl (C=O) groups is 2. The van der Waals surface area contributed by atoms with E-state index in [1.807, 2.05) is 48.5 Å². The van der Waals surface area contributed by atoms with Crippen molar-refractivity contribution in [3.05, 3.63) is 70.7 Å². The maximum atomic E-state index is 12.5. The molecule has 0 aromatic heterocycles. The average Bonchev–Trinajstić information content (AvgIpc) is 2.93. The fourth-order valence-corrected chi connectivity index (χ4v) is 6.74. The Hall–Kier alpha value is -1.68.